The van der Waals surface area contributed by atoms with Crippen LogP contribution in [0.15, 0.2) is 28.9 Å². The number of hydrogen-bond donors (Lipinski definition) is 1. The van der Waals surface area contributed by atoms with E-state index >= 15 is 0 Å². The third kappa shape index (κ3) is 1.97. The third-order valence-corrected chi connectivity index (χ3v) is 3.02. The number of hydrogen-bond acceptors (Lipinski definition) is 6. The molecule has 0 aliphatic carbocycles. The zero-order valence-electron chi connectivity index (χ0n) is 10.9. The Labute approximate surface area is 114 Å². The fraction of sp³-hybridized carbons (Fsp3) is 0.231. The molecule has 3 rings (SSSR count). The van der Waals surface area contributed by atoms with E-state index in [0.717, 1.165) is 11.0 Å². The number of para-hydroxylation sites is 2. The fourth-order valence-corrected chi connectivity index (χ4v) is 2.05. The maximum Gasteiger partial charge on any atom is 0.202 e. The number of aryl methyl sites for hydroxylation is 1. The second-order valence-corrected chi connectivity index (χ2v) is 4.28. The molecule has 0 fully saturated rings. The topological polar surface area (TPSA) is 92.6 Å². The molecule has 2 aromatic heterocycles. The van der Waals surface area contributed by atoms with Crippen molar-refractivity contribution in [3.63, 3.8) is 0 Å². The number of imidazole rings is 1. The van der Waals surface area contributed by atoms with Crippen LogP contribution in [0.1, 0.15) is 6.42 Å². The van der Waals surface area contributed by atoms with Crippen LogP contribution in [0.4, 0.5) is 5.82 Å². The molecule has 0 bridgehead atoms. The lowest BCUT2D eigenvalue weighted by Crippen LogP contribution is -2.03. The van der Waals surface area contributed by atoms with Gasteiger partial charge >= 0.3 is 0 Å². The van der Waals surface area contributed by atoms with Gasteiger partial charge in [0.1, 0.15) is 0 Å². The lowest BCUT2D eigenvalue weighted by atomic mass is 10.3. The van der Waals surface area contributed by atoms with Gasteiger partial charge in [-0.05, 0) is 22.4 Å². The van der Waals surface area contributed by atoms with E-state index in [-0.39, 0.29) is 0 Å². The molecule has 0 saturated carbocycles. The Kier molecular flexibility index (Phi) is 3.05. The van der Waals surface area contributed by atoms with Crippen LogP contribution in [0, 0.1) is 11.3 Å². The van der Waals surface area contributed by atoms with Crippen molar-refractivity contribution in [1.82, 2.24) is 19.9 Å². The van der Waals surface area contributed by atoms with Crippen LogP contribution in [0.25, 0.3) is 22.6 Å². The molecular formula is C13H12N6O. The summed E-state index contributed by atoms with van der Waals surface area (Å²) in [5.41, 5.74) is 2.44. The molecule has 0 saturated heterocycles. The van der Waals surface area contributed by atoms with Gasteiger partial charge in [-0.2, -0.15) is 5.26 Å². The molecule has 100 valence electrons. The number of fused-ring (bicyclic) bond motifs is 1. The van der Waals surface area contributed by atoms with E-state index in [1.165, 1.54) is 0 Å². The van der Waals surface area contributed by atoms with E-state index in [1.54, 1.807) is 0 Å². The van der Waals surface area contributed by atoms with Gasteiger partial charge in [0.15, 0.2) is 11.5 Å². The van der Waals surface area contributed by atoms with Gasteiger partial charge in [-0.3, -0.25) is 0 Å². The average molecular weight is 268 g/mol. The lowest BCUT2D eigenvalue weighted by molar-refractivity contribution is 0.309. The van der Waals surface area contributed by atoms with E-state index in [0.29, 0.717) is 30.3 Å². The number of aromatic nitrogens is 4. The molecule has 3 aromatic rings. The molecule has 20 heavy (non-hydrogen) atoms. The molecule has 1 N–H and O–H groups in total. The number of nitrogens with zero attached hydrogens (tertiary/aromatic N) is 5. The summed E-state index contributed by atoms with van der Waals surface area (Å²) in [5.74, 6) is 1.17. The van der Waals surface area contributed by atoms with Crippen molar-refractivity contribution in [3.8, 4) is 17.6 Å². The molecule has 0 spiro atoms. The summed E-state index contributed by atoms with van der Waals surface area (Å²) in [6.07, 6.45) is 0.384. The fourth-order valence-electron chi connectivity index (χ4n) is 2.05. The van der Waals surface area contributed by atoms with E-state index in [2.05, 4.69) is 26.7 Å². The van der Waals surface area contributed by atoms with Crippen LogP contribution in [0.5, 0.6) is 0 Å². The van der Waals surface area contributed by atoms with Crippen LogP contribution >= 0.6 is 0 Å². The quantitative estimate of drug-likeness (QED) is 0.727. The van der Waals surface area contributed by atoms with Crippen LogP contribution < -0.4 is 5.32 Å². The summed E-state index contributed by atoms with van der Waals surface area (Å²) in [5, 5.41) is 19.3. The summed E-state index contributed by atoms with van der Waals surface area (Å²) >= 11 is 0. The highest BCUT2D eigenvalue weighted by Gasteiger charge is 2.18. The lowest BCUT2D eigenvalue weighted by Gasteiger charge is -2.01. The molecule has 0 aliphatic rings. The van der Waals surface area contributed by atoms with E-state index < -0.39 is 0 Å². The van der Waals surface area contributed by atoms with Gasteiger partial charge in [0, 0.05) is 13.6 Å². The SMILES string of the molecule is Cn1c(-c2nonc2NCCC#N)nc2ccccc21. The van der Waals surface area contributed by atoms with Crippen LogP contribution in [-0.4, -0.2) is 26.4 Å². The molecule has 0 unspecified atom stereocenters. The van der Waals surface area contributed by atoms with Gasteiger partial charge in [-0.15, -0.1) is 0 Å². The first kappa shape index (κ1) is 12.2. The van der Waals surface area contributed by atoms with E-state index in [9.17, 15) is 0 Å². The second-order valence-electron chi connectivity index (χ2n) is 4.28. The minimum atomic E-state index is 0.384. The second kappa shape index (κ2) is 5.01. The first-order valence-corrected chi connectivity index (χ1v) is 6.16. The Morgan fingerprint density at radius 2 is 2.20 bits per heavy atom. The van der Waals surface area contributed by atoms with Crippen molar-refractivity contribution in [3.05, 3.63) is 24.3 Å². The molecule has 7 nitrogen and oxygen atoms in total. The molecule has 2 heterocycles. The minimum absolute atomic E-state index is 0.384. The Morgan fingerprint density at radius 1 is 1.35 bits per heavy atom. The Balaban J connectivity index is 2.01. The Hall–Kier alpha value is -2.88. The van der Waals surface area contributed by atoms with Crippen molar-refractivity contribution in [2.45, 2.75) is 6.42 Å². The molecule has 7 heteroatoms. The van der Waals surface area contributed by atoms with Gasteiger partial charge in [-0.25, -0.2) is 9.61 Å². The van der Waals surface area contributed by atoms with Crippen LogP contribution in [-0.2, 0) is 7.05 Å². The standard InChI is InChI=1S/C13H12N6O/c1-19-10-6-3-2-5-9(10)16-13(19)11-12(18-20-17-11)15-8-4-7-14/h2-3,5-6H,4,8H2,1H3,(H,15,18). The molecule has 0 radical (unpaired) electrons. The number of nitrogens with one attached hydrogen (secondary N) is 1. The van der Waals surface area contributed by atoms with Crippen molar-refractivity contribution >= 4 is 16.9 Å². The van der Waals surface area contributed by atoms with Gasteiger partial charge < -0.3 is 9.88 Å². The van der Waals surface area contributed by atoms with Crippen LogP contribution in [0.2, 0.25) is 0 Å². The third-order valence-electron chi connectivity index (χ3n) is 3.02. The van der Waals surface area contributed by atoms with Gasteiger partial charge in [0.2, 0.25) is 5.82 Å². The zero-order chi connectivity index (χ0) is 13.9. The number of benzene rings is 1. The smallest absolute Gasteiger partial charge is 0.202 e. The summed E-state index contributed by atoms with van der Waals surface area (Å²) in [6.45, 7) is 0.488. The number of anilines is 1. The van der Waals surface area contributed by atoms with Crippen molar-refractivity contribution in [2.24, 2.45) is 7.05 Å². The maximum atomic E-state index is 8.55. The van der Waals surface area contributed by atoms with Crippen molar-refractivity contribution in [2.75, 3.05) is 11.9 Å². The normalized spacial score (nSPS) is 10.6. The summed E-state index contributed by atoms with van der Waals surface area (Å²) in [7, 11) is 1.92. The summed E-state index contributed by atoms with van der Waals surface area (Å²) in [4.78, 5) is 4.54. The van der Waals surface area contributed by atoms with Gasteiger partial charge in [0.25, 0.3) is 0 Å². The zero-order valence-corrected chi connectivity index (χ0v) is 10.9. The molecule has 1 aromatic carbocycles. The summed E-state index contributed by atoms with van der Waals surface area (Å²) < 4.78 is 6.72. The molecule has 0 aliphatic heterocycles. The van der Waals surface area contributed by atoms with Crippen molar-refractivity contribution < 1.29 is 4.63 Å². The van der Waals surface area contributed by atoms with E-state index in [4.69, 9.17) is 9.89 Å². The van der Waals surface area contributed by atoms with Gasteiger partial charge in [-0.1, -0.05) is 12.1 Å². The molecule has 0 atom stereocenters. The molecular weight excluding hydrogens is 256 g/mol. The largest absolute Gasteiger partial charge is 0.364 e. The Morgan fingerprint density at radius 3 is 3.00 bits per heavy atom. The van der Waals surface area contributed by atoms with E-state index in [1.807, 2.05) is 35.9 Å². The number of nitriles is 1. The highest BCUT2D eigenvalue weighted by Crippen LogP contribution is 2.26. The maximum absolute atomic E-state index is 8.55. The predicted molar refractivity (Wildman–Crippen MR) is 72.7 cm³/mol. The minimum Gasteiger partial charge on any atom is -0.364 e. The first-order valence-electron chi connectivity index (χ1n) is 6.16. The number of rotatable bonds is 4. The predicted octanol–water partition coefficient (Wildman–Crippen LogP) is 1.95. The highest BCUT2D eigenvalue weighted by molar-refractivity contribution is 5.81. The van der Waals surface area contributed by atoms with Crippen molar-refractivity contribution in [1.29, 1.82) is 5.26 Å². The van der Waals surface area contributed by atoms with Gasteiger partial charge in [0.05, 0.1) is 23.5 Å². The highest BCUT2D eigenvalue weighted by atomic mass is 16.6. The molecule has 0 amide bonds. The van der Waals surface area contributed by atoms with Crippen LogP contribution in [0.3, 0.4) is 0 Å². The average Bonchev–Trinajstić information content (AvgIpc) is 3.05. The first-order chi connectivity index (χ1) is 9.81. The summed E-state index contributed by atoms with van der Waals surface area (Å²) in [6, 6.07) is 9.88. The Bertz CT molecular complexity index is 782. The monoisotopic (exact) mass is 268 g/mol.